The quantitative estimate of drug-likeness (QED) is 0.556. The molecule has 4 heteroatoms. The molecule has 104 valence electrons. The van der Waals surface area contributed by atoms with Crippen LogP contribution in [0.2, 0.25) is 0 Å². The molecule has 0 N–H and O–H groups in total. The lowest BCUT2D eigenvalue weighted by molar-refractivity contribution is -0.134. The lowest BCUT2D eigenvalue weighted by Crippen LogP contribution is -2.40. The molecule has 0 unspecified atom stereocenters. The van der Waals surface area contributed by atoms with Crippen molar-refractivity contribution in [3.63, 3.8) is 0 Å². The molecule has 2 rings (SSSR count). The van der Waals surface area contributed by atoms with Crippen LogP contribution in [0, 0.1) is 5.41 Å². The van der Waals surface area contributed by atoms with Gasteiger partial charge in [0.1, 0.15) is 5.41 Å². The number of halogens is 2. The van der Waals surface area contributed by atoms with Crippen LogP contribution in [0.1, 0.15) is 12.0 Å². The molecule has 1 aromatic carbocycles. The van der Waals surface area contributed by atoms with E-state index in [4.69, 9.17) is 0 Å². The highest BCUT2D eigenvalue weighted by atomic mass is 79.9. The molecular weight excluding hydrogens is 384 g/mol. The Morgan fingerprint density at radius 2 is 1.65 bits per heavy atom. The van der Waals surface area contributed by atoms with Gasteiger partial charge in [-0.1, -0.05) is 80.4 Å². The first-order chi connectivity index (χ1) is 9.64. The third-order valence-electron chi connectivity index (χ3n) is 3.54. The molecule has 1 aliphatic carbocycles. The fraction of sp³-hybridized carbons (Fsp3) is 0.250. The Kier molecular flexibility index (Phi) is 5.11. The molecule has 0 saturated carbocycles. The number of rotatable bonds is 5. The normalized spacial score (nSPS) is 16.6. The van der Waals surface area contributed by atoms with Crippen molar-refractivity contribution in [2.45, 2.75) is 6.42 Å². The second-order valence-electron chi connectivity index (χ2n) is 4.65. The summed E-state index contributed by atoms with van der Waals surface area (Å²) in [5, 5.41) is 0.370. The number of alkyl halides is 2. The van der Waals surface area contributed by atoms with E-state index >= 15 is 0 Å². The molecule has 2 nitrogen and oxygen atoms in total. The Morgan fingerprint density at radius 1 is 1.05 bits per heavy atom. The summed E-state index contributed by atoms with van der Waals surface area (Å²) in [4.78, 5) is 24.3. The molecule has 0 aromatic heterocycles. The Bertz CT molecular complexity index is 557. The SMILES string of the molecule is O=C(CBr)C1(C(=O)CBr)C=CC(c2ccccc2)=CC1. The molecule has 0 aliphatic heterocycles. The summed E-state index contributed by atoms with van der Waals surface area (Å²) in [5.74, 6) is -0.192. The number of allylic oxidation sites excluding steroid dienone is 4. The van der Waals surface area contributed by atoms with Gasteiger partial charge in [0.2, 0.25) is 0 Å². The van der Waals surface area contributed by atoms with Crippen molar-refractivity contribution in [2.75, 3.05) is 10.7 Å². The van der Waals surface area contributed by atoms with Gasteiger partial charge in [0.15, 0.2) is 11.6 Å². The molecule has 1 aromatic rings. The Morgan fingerprint density at radius 3 is 2.10 bits per heavy atom. The van der Waals surface area contributed by atoms with Gasteiger partial charge in [-0.15, -0.1) is 0 Å². The fourth-order valence-electron chi connectivity index (χ4n) is 2.29. The number of hydrogen-bond donors (Lipinski definition) is 0. The van der Waals surface area contributed by atoms with Gasteiger partial charge in [-0.05, 0) is 17.6 Å². The molecule has 0 atom stereocenters. The molecule has 1 aliphatic rings. The van der Waals surface area contributed by atoms with Crippen LogP contribution in [-0.2, 0) is 9.59 Å². The van der Waals surface area contributed by atoms with Crippen molar-refractivity contribution in [1.29, 1.82) is 0 Å². The van der Waals surface area contributed by atoms with Crippen LogP contribution in [-0.4, -0.2) is 22.2 Å². The van der Waals surface area contributed by atoms with E-state index in [0.29, 0.717) is 6.42 Å². The van der Waals surface area contributed by atoms with Gasteiger partial charge in [-0.2, -0.15) is 0 Å². The molecule has 0 saturated heterocycles. The summed E-state index contributed by atoms with van der Waals surface area (Å²) in [6.07, 6.45) is 6.02. The van der Waals surface area contributed by atoms with E-state index in [-0.39, 0.29) is 22.2 Å². The highest BCUT2D eigenvalue weighted by molar-refractivity contribution is 9.09. The summed E-state index contributed by atoms with van der Waals surface area (Å²) < 4.78 is 0. The predicted octanol–water partition coefficient (Wildman–Crippen LogP) is 3.94. The minimum Gasteiger partial charge on any atom is -0.297 e. The molecule has 0 amide bonds. The third kappa shape index (κ3) is 2.86. The smallest absolute Gasteiger partial charge is 0.161 e. The van der Waals surface area contributed by atoms with Crippen LogP contribution >= 0.6 is 31.9 Å². The van der Waals surface area contributed by atoms with Crippen molar-refractivity contribution in [3.05, 3.63) is 54.1 Å². The zero-order valence-corrected chi connectivity index (χ0v) is 14.0. The van der Waals surface area contributed by atoms with Crippen LogP contribution in [0.5, 0.6) is 0 Å². The number of benzene rings is 1. The Balaban J connectivity index is 2.31. The zero-order chi connectivity index (χ0) is 14.6. The van der Waals surface area contributed by atoms with Gasteiger partial charge >= 0.3 is 0 Å². The fourth-order valence-corrected chi connectivity index (χ4v) is 3.29. The van der Waals surface area contributed by atoms with Crippen LogP contribution in [0.4, 0.5) is 0 Å². The molecular formula is C16H14Br2O2. The van der Waals surface area contributed by atoms with E-state index in [1.165, 1.54) is 0 Å². The monoisotopic (exact) mass is 396 g/mol. The molecule has 20 heavy (non-hydrogen) atoms. The van der Waals surface area contributed by atoms with E-state index in [0.717, 1.165) is 11.1 Å². The second-order valence-corrected chi connectivity index (χ2v) is 5.77. The standard InChI is InChI=1S/C16H14Br2O2/c17-10-14(19)16(15(20)11-18)8-6-13(7-9-16)12-4-2-1-3-5-12/h1-8H,9-11H2. The summed E-state index contributed by atoms with van der Waals surface area (Å²) in [5.41, 5.74) is 1.12. The average molecular weight is 398 g/mol. The van der Waals surface area contributed by atoms with Crippen LogP contribution in [0.25, 0.3) is 5.57 Å². The van der Waals surface area contributed by atoms with Crippen molar-refractivity contribution in [2.24, 2.45) is 5.41 Å². The summed E-state index contributed by atoms with van der Waals surface area (Å²) in [7, 11) is 0. The maximum absolute atomic E-state index is 12.2. The van der Waals surface area contributed by atoms with E-state index < -0.39 is 5.41 Å². The molecule has 0 bridgehead atoms. The minimum atomic E-state index is -1.02. The maximum atomic E-state index is 12.2. The minimum absolute atomic E-state index is 0.0958. The molecule has 0 fully saturated rings. The van der Waals surface area contributed by atoms with Gasteiger partial charge in [0.25, 0.3) is 0 Å². The number of carbonyl (C=O) groups excluding carboxylic acids is 2. The van der Waals surface area contributed by atoms with E-state index in [1.807, 2.05) is 42.5 Å². The van der Waals surface area contributed by atoms with E-state index in [1.54, 1.807) is 6.08 Å². The molecule has 0 heterocycles. The van der Waals surface area contributed by atoms with Crippen LogP contribution in [0.15, 0.2) is 48.6 Å². The number of Topliss-reactive ketones (excluding diaryl/α,β-unsaturated/α-hetero) is 2. The van der Waals surface area contributed by atoms with Gasteiger partial charge in [0.05, 0.1) is 10.7 Å². The van der Waals surface area contributed by atoms with Crippen LogP contribution in [0.3, 0.4) is 0 Å². The first kappa shape index (κ1) is 15.4. The lowest BCUT2D eigenvalue weighted by Gasteiger charge is -2.28. The van der Waals surface area contributed by atoms with Crippen molar-refractivity contribution < 1.29 is 9.59 Å². The van der Waals surface area contributed by atoms with E-state index in [2.05, 4.69) is 31.9 Å². The summed E-state index contributed by atoms with van der Waals surface area (Å²) in [6.45, 7) is 0. The van der Waals surface area contributed by atoms with Crippen molar-refractivity contribution in [1.82, 2.24) is 0 Å². The van der Waals surface area contributed by atoms with Gasteiger partial charge in [-0.25, -0.2) is 0 Å². The van der Waals surface area contributed by atoms with Gasteiger partial charge in [0, 0.05) is 0 Å². The first-order valence-corrected chi connectivity index (χ1v) is 8.51. The number of carbonyl (C=O) groups is 2. The largest absolute Gasteiger partial charge is 0.297 e. The average Bonchev–Trinajstić information content (AvgIpc) is 2.54. The van der Waals surface area contributed by atoms with Crippen molar-refractivity contribution >= 4 is 49.0 Å². The number of ketones is 2. The number of hydrogen-bond acceptors (Lipinski definition) is 2. The maximum Gasteiger partial charge on any atom is 0.161 e. The summed E-state index contributed by atoms with van der Waals surface area (Å²) in [6, 6.07) is 9.94. The first-order valence-electron chi connectivity index (χ1n) is 6.27. The Hall–Kier alpha value is -1.00. The van der Waals surface area contributed by atoms with Crippen LogP contribution < -0.4 is 0 Å². The zero-order valence-electron chi connectivity index (χ0n) is 10.8. The third-order valence-corrected chi connectivity index (χ3v) is 4.55. The predicted molar refractivity (Wildman–Crippen MR) is 88.2 cm³/mol. The van der Waals surface area contributed by atoms with E-state index in [9.17, 15) is 9.59 Å². The van der Waals surface area contributed by atoms with Crippen molar-refractivity contribution in [3.8, 4) is 0 Å². The van der Waals surface area contributed by atoms with Gasteiger partial charge < -0.3 is 0 Å². The molecule has 0 spiro atoms. The lowest BCUT2D eigenvalue weighted by atomic mass is 9.73. The highest BCUT2D eigenvalue weighted by Gasteiger charge is 2.41. The second kappa shape index (κ2) is 6.64. The highest BCUT2D eigenvalue weighted by Crippen LogP contribution is 2.36. The van der Waals surface area contributed by atoms with Gasteiger partial charge in [-0.3, -0.25) is 9.59 Å². The Labute approximate surface area is 135 Å². The summed E-state index contributed by atoms with van der Waals surface area (Å²) >= 11 is 6.34. The molecule has 0 radical (unpaired) electrons. The topological polar surface area (TPSA) is 34.1 Å².